The summed E-state index contributed by atoms with van der Waals surface area (Å²) in [4.78, 5) is 0. The Morgan fingerprint density at radius 1 is 1.29 bits per heavy atom. The van der Waals surface area contributed by atoms with Crippen LogP contribution in [0, 0.1) is 0 Å². The van der Waals surface area contributed by atoms with Gasteiger partial charge in [-0.15, -0.1) is 12.4 Å². The minimum atomic E-state index is -4.38. The first-order valence-electron chi connectivity index (χ1n) is 4.65. The molecule has 0 bridgehead atoms. The van der Waals surface area contributed by atoms with E-state index in [1.165, 1.54) is 12.1 Å². The van der Waals surface area contributed by atoms with Crippen molar-refractivity contribution >= 4 is 28.3 Å². The summed E-state index contributed by atoms with van der Waals surface area (Å²) in [7, 11) is 0. The topological polar surface area (TPSA) is 35.2 Å². The summed E-state index contributed by atoms with van der Waals surface area (Å²) in [6.07, 6.45) is -3.77. The van der Waals surface area contributed by atoms with Crippen molar-refractivity contribution in [2.75, 3.05) is 13.2 Å². The van der Waals surface area contributed by atoms with Crippen molar-refractivity contribution in [3.63, 3.8) is 0 Å². The zero-order valence-corrected chi connectivity index (χ0v) is 11.2. The molecule has 2 N–H and O–H groups in total. The molecule has 98 valence electrons. The third kappa shape index (κ3) is 5.14. The van der Waals surface area contributed by atoms with E-state index in [4.69, 9.17) is 10.5 Å². The number of halogens is 5. The van der Waals surface area contributed by atoms with Gasteiger partial charge in [-0.2, -0.15) is 13.2 Å². The van der Waals surface area contributed by atoms with E-state index >= 15 is 0 Å². The number of nitrogens with two attached hydrogens (primary N) is 1. The fraction of sp³-hybridized carbons (Fsp3) is 0.400. The van der Waals surface area contributed by atoms with Gasteiger partial charge in [-0.05, 0) is 31.2 Å². The maximum Gasteiger partial charge on any atom is 0.417 e. The Morgan fingerprint density at radius 2 is 1.94 bits per heavy atom. The molecule has 0 heterocycles. The van der Waals surface area contributed by atoms with Gasteiger partial charge in [0.15, 0.2) is 0 Å². The fourth-order valence-corrected chi connectivity index (χ4v) is 1.56. The van der Waals surface area contributed by atoms with Crippen LogP contribution in [0.25, 0.3) is 0 Å². The lowest BCUT2D eigenvalue weighted by atomic mass is 10.2. The Labute approximate surface area is 112 Å². The van der Waals surface area contributed by atoms with E-state index in [1.54, 1.807) is 0 Å². The number of hydrogen-bond acceptors (Lipinski definition) is 2. The molecular weight excluding hydrogens is 322 g/mol. The summed E-state index contributed by atoms with van der Waals surface area (Å²) in [6, 6.07) is 3.77. The van der Waals surface area contributed by atoms with Gasteiger partial charge in [-0.3, -0.25) is 0 Å². The fourth-order valence-electron chi connectivity index (χ4n) is 1.08. The lowest BCUT2D eigenvalue weighted by Crippen LogP contribution is -2.08. The first-order valence-corrected chi connectivity index (χ1v) is 5.44. The largest absolute Gasteiger partial charge is 0.494 e. The third-order valence-corrected chi connectivity index (χ3v) is 2.55. The van der Waals surface area contributed by atoms with Crippen LogP contribution in [0.2, 0.25) is 0 Å². The highest BCUT2D eigenvalue weighted by Crippen LogP contribution is 2.36. The van der Waals surface area contributed by atoms with E-state index in [-0.39, 0.29) is 22.6 Å². The zero-order valence-electron chi connectivity index (χ0n) is 8.76. The van der Waals surface area contributed by atoms with Crippen molar-refractivity contribution in [1.29, 1.82) is 0 Å². The van der Waals surface area contributed by atoms with Gasteiger partial charge in [0.2, 0.25) is 0 Å². The molecule has 1 aromatic rings. The lowest BCUT2D eigenvalue weighted by Gasteiger charge is -2.11. The van der Waals surface area contributed by atoms with E-state index in [0.717, 1.165) is 6.07 Å². The molecule has 0 spiro atoms. The number of rotatable bonds is 4. The maximum absolute atomic E-state index is 12.5. The first kappa shape index (κ1) is 16.5. The van der Waals surface area contributed by atoms with Crippen LogP contribution in [0.3, 0.4) is 0 Å². The van der Waals surface area contributed by atoms with Crippen molar-refractivity contribution in [1.82, 2.24) is 0 Å². The second-order valence-corrected chi connectivity index (χ2v) is 3.98. The normalized spacial score (nSPS) is 10.9. The Hall–Kier alpha value is -0.460. The van der Waals surface area contributed by atoms with Gasteiger partial charge in [0.05, 0.1) is 12.2 Å². The van der Waals surface area contributed by atoms with Gasteiger partial charge in [0.1, 0.15) is 5.75 Å². The standard InChI is InChI=1S/C10H11BrF3NO.ClH/c11-9-3-2-7(16-5-1-4-15)6-8(9)10(12,13)14;/h2-3,6H,1,4-5,15H2;1H. The van der Waals surface area contributed by atoms with Gasteiger partial charge >= 0.3 is 6.18 Å². The average Bonchev–Trinajstić information content (AvgIpc) is 2.19. The van der Waals surface area contributed by atoms with Crippen molar-refractivity contribution in [2.45, 2.75) is 12.6 Å². The minimum Gasteiger partial charge on any atom is -0.494 e. The molecule has 2 nitrogen and oxygen atoms in total. The van der Waals surface area contributed by atoms with Crippen LogP contribution in [-0.4, -0.2) is 13.2 Å². The summed E-state index contributed by atoms with van der Waals surface area (Å²) in [5, 5.41) is 0. The predicted molar refractivity (Wildman–Crippen MR) is 65.6 cm³/mol. The Bertz CT molecular complexity index is 360. The molecule has 17 heavy (non-hydrogen) atoms. The molecule has 0 aliphatic rings. The molecule has 1 rings (SSSR count). The molecule has 0 aliphatic heterocycles. The smallest absolute Gasteiger partial charge is 0.417 e. The second-order valence-electron chi connectivity index (χ2n) is 3.13. The molecule has 1 aromatic carbocycles. The van der Waals surface area contributed by atoms with E-state index in [0.29, 0.717) is 19.6 Å². The highest BCUT2D eigenvalue weighted by Gasteiger charge is 2.33. The van der Waals surface area contributed by atoms with Gasteiger partial charge in [-0.1, -0.05) is 15.9 Å². The van der Waals surface area contributed by atoms with Crippen LogP contribution in [0.1, 0.15) is 12.0 Å². The average molecular weight is 335 g/mol. The summed E-state index contributed by atoms with van der Waals surface area (Å²) < 4.78 is 42.7. The van der Waals surface area contributed by atoms with Crippen molar-refractivity contribution < 1.29 is 17.9 Å². The predicted octanol–water partition coefficient (Wildman–Crippen LogP) is 3.62. The van der Waals surface area contributed by atoms with Crippen LogP contribution < -0.4 is 10.5 Å². The zero-order chi connectivity index (χ0) is 12.2. The number of hydrogen-bond donors (Lipinski definition) is 1. The van der Waals surface area contributed by atoms with Crippen molar-refractivity contribution in [3.8, 4) is 5.75 Å². The molecule has 0 saturated carbocycles. The first-order chi connectivity index (χ1) is 7.45. The lowest BCUT2D eigenvalue weighted by molar-refractivity contribution is -0.138. The number of benzene rings is 1. The molecule has 0 atom stereocenters. The van der Waals surface area contributed by atoms with Gasteiger partial charge < -0.3 is 10.5 Å². The van der Waals surface area contributed by atoms with Gasteiger partial charge in [0, 0.05) is 4.47 Å². The summed E-state index contributed by atoms with van der Waals surface area (Å²) in [5.41, 5.74) is 4.51. The second kappa shape index (κ2) is 7.08. The Balaban J connectivity index is 0.00000256. The van der Waals surface area contributed by atoms with Gasteiger partial charge in [-0.25, -0.2) is 0 Å². The summed E-state index contributed by atoms with van der Waals surface area (Å²) in [6.45, 7) is 0.762. The summed E-state index contributed by atoms with van der Waals surface area (Å²) in [5.74, 6) is 0.198. The third-order valence-electron chi connectivity index (χ3n) is 1.86. The van der Waals surface area contributed by atoms with E-state index in [9.17, 15) is 13.2 Å². The van der Waals surface area contributed by atoms with Crippen molar-refractivity contribution in [2.24, 2.45) is 5.73 Å². The maximum atomic E-state index is 12.5. The quantitative estimate of drug-likeness (QED) is 0.854. The molecule has 7 heteroatoms. The Kier molecular flexibility index (Phi) is 6.89. The Morgan fingerprint density at radius 3 is 2.47 bits per heavy atom. The van der Waals surface area contributed by atoms with Crippen LogP contribution in [0.15, 0.2) is 22.7 Å². The summed E-state index contributed by atoms with van der Waals surface area (Å²) >= 11 is 2.85. The van der Waals surface area contributed by atoms with Crippen LogP contribution in [0.4, 0.5) is 13.2 Å². The SMILES string of the molecule is Cl.NCCCOc1ccc(Br)c(C(F)(F)F)c1. The monoisotopic (exact) mass is 333 g/mol. The molecule has 0 aliphatic carbocycles. The van der Waals surface area contributed by atoms with Gasteiger partial charge in [0.25, 0.3) is 0 Å². The highest BCUT2D eigenvalue weighted by molar-refractivity contribution is 9.10. The van der Waals surface area contributed by atoms with E-state index < -0.39 is 11.7 Å². The van der Waals surface area contributed by atoms with Crippen molar-refractivity contribution in [3.05, 3.63) is 28.2 Å². The molecule has 0 radical (unpaired) electrons. The minimum absolute atomic E-state index is 0. The molecule has 0 saturated heterocycles. The van der Waals surface area contributed by atoms with E-state index in [1.807, 2.05) is 0 Å². The van der Waals surface area contributed by atoms with Crippen LogP contribution in [-0.2, 0) is 6.18 Å². The van der Waals surface area contributed by atoms with Crippen LogP contribution in [0.5, 0.6) is 5.75 Å². The molecule has 0 aromatic heterocycles. The number of ether oxygens (including phenoxy) is 1. The van der Waals surface area contributed by atoms with Crippen LogP contribution >= 0.6 is 28.3 Å². The molecular formula is C10H12BrClF3NO. The molecule has 0 amide bonds. The molecule has 0 fully saturated rings. The number of alkyl halides is 3. The van der Waals surface area contributed by atoms with E-state index in [2.05, 4.69) is 15.9 Å². The highest BCUT2D eigenvalue weighted by atomic mass is 79.9. The molecule has 0 unspecified atom stereocenters.